The Kier molecular flexibility index (Phi) is 5.92. The van der Waals surface area contributed by atoms with Crippen LogP contribution in [0.3, 0.4) is 0 Å². The molecule has 1 aliphatic heterocycles. The average molecular weight is 438 g/mol. The number of benzene rings is 1. The number of carbonyl (C=O) groups excluding carboxylic acids is 2. The standard InChI is InChI=1S/C23H23N3O2S2/c1-14-5-4-6-19(15(14)2)25-22(27)21-12-30-13-26(21)23(28)18-7-8-20(24-16(18)3)17-9-10-29-11-17/h4-11,21H,12-13H2,1-3H3,(H,25,27). The molecule has 1 aromatic carbocycles. The molecule has 0 spiro atoms. The molecule has 1 fully saturated rings. The van der Waals surface area contributed by atoms with Crippen LogP contribution in [0.5, 0.6) is 0 Å². The number of aromatic nitrogens is 1. The van der Waals surface area contributed by atoms with Crippen LogP contribution in [0, 0.1) is 20.8 Å². The number of amides is 2. The molecule has 4 rings (SSSR count). The van der Waals surface area contributed by atoms with E-state index < -0.39 is 6.04 Å². The Hall–Kier alpha value is -2.64. The predicted molar refractivity (Wildman–Crippen MR) is 124 cm³/mol. The molecule has 5 nitrogen and oxygen atoms in total. The van der Waals surface area contributed by atoms with Crippen molar-refractivity contribution in [3.05, 3.63) is 69.5 Å². The number of rotatable bonds is 4. The SMILES string of the molecule is Cc1cccc(NC(=O)C2CSCN2C(=O)c2ccc(-c3ccsc3)nc2C)c1C. The fraction of sp³-hybridized carbons (Fsp3) is 0.261. The highest BCUT2D eigenvalue weighted by atomic mass is 32.2. The van der Waals surface area contributed by atoms with E-state index in [1.807, 2.05) is 67.9 Å². The summed E-state index contributed by atoms with van der Waals surface area (Å²) in [7, 11) is 0. The molecule has 0 radical (unpaired) electrons. The van der Waals surface area contributed by atoms with Crippen molar-refractivity contribution in [2.75, 3.05) is 16.9 Å². The maximum Gasteiger partial charge on any atom is 0.257 e. The van der Waals surface area contributed by atoms with Gasteiger partial charge in [-0.25, -0.2) is 0 Å². The minimum atomic E-state index is -0.502. The summed E-state index contributed by atoms with van der Waals surface area (Å²) in [6.45, 7) is 5.85. The van der Waals surface area contributed by atoms with Gasteiger partial charge in [0.1, 0.15) is 6.04 Å². The third-order valence-corrected chi connectivity index (χ3v) is 7.14. The molecule has 0 saturated carbocycles. The van der Waals surface area contributed by atoms with Crippen LogP contribution in [0.1, 0.15) is 27.2 Å². The quantitative estimate of drug-likeness (QED) is 0.631. The first-order valence-corrected chi connectivity index (χ1v) is 11.8. The minimum absolute atomic E-state index is 0.150. The van der Waals surface area contributed by atoms with Crippen molar-refractivity contribution in [3.63, 3.8) is 0 Å². The summed E-state index contributed by atoms with van der Waals surface area (Å²) in [6.07, 6.45) is 0. The molecule has 1 N–H and O–H groups in total. The summed E-state index contributed by atoms with van der Waals surface area (Å²) >= 11 is 3.21. The number of hydrogen-bond donors (Lipinski definition) is 1. The van der Waals surface area contributed by atoms with Crippen LogP contribution < -0.4 is 5.32 Å². The van der Waals surface area contributed by atoms with E-state index in [1.165, 1.54) is 0 Å². The van der Waals surface area contributed by atoms with Crippen LogP contribution in [0.2, 0.25) is 0 Å². The van der Waals surface area contributed by atoms with Gasteiger partial charge in [-0.2, -0.15) is 11.3 Å². The fourth-order valence-corrected chi connectivity index (χ4v) is 5.28. The van der Waals surface area contributed by atoms with Crippen LogP contribution in [0.15, 0.2) is 47.2 Å². The Morgan fingerprint density at radius 3 is 2.70 bits per heavy atom. The summed E-state index contributed by atoms with van der Waals surface area (Å²) in [5.41, 5.74) is 6.07. The van der Waals surface area contributed by atoms with E-state index in [9.17, 15) is 9.59 Å². The Morgan fingerprint density at radius 2 is 1.97 bits per heavy atom. The van der Waals surface area contributed by atoms with E-state index in [0.29, 0.717) is 22.9 Å². The van der Waals surface area contributed by atoms with Gasteiger partial charge in [-0.1, -0.05) is 12.1 Å². The van der Waals surface area contributed by atoms with Crippen LogP contribution in [0.25, 0.3) is 11.3 Å². The third kappa shape index (κ3) is 4.00. The van der Waals surface area contributed by atoms with Crippen molar-refractivity contribution >= 4 is 40.6 Å². The minimum Gasteiger partial charge on any atom is -0.324 e. The fourth-order valence-electron chi connectivity index (χ4n) is 3.48. The molecular weight excluding hydrogens is 414 g/mol. The highest BCUT2D eigenvalue weighted by Gasteiger charge is 2.36. The largest absolute Gasteiger partial charge is 0.324 e. The highest BCUT2D eigenvalue weighted by molar-refractivity contribution is 7.99. The molecule has 30 heavy (non-hydrogen) atoms. The second kappa shape index (κ2) is 8.62. The lowest BCUT2D eigenvalue weighted by Crippen LogP contribution is -2.44. The second-order valence-corrected chi connectivity index (χ2v) is 9.15. The van der Waals surface area contributed by atoms with Crippen molar-refractivity contribution in [2.24, 2.45) is 0 Å². The Morgan fingerprint density at radius 1 is 1.13 bits per heavy atom. The van der Waals surface area contributed by atoms with Gasteiger partial charge in [0.15, 0.2) is 0 Å². The van der Waals surface area contributed by atoms with Crippen molar-refractivity contribution in [3.8, 4) is 11.3 Å². The predicted octanol–water partition coefficient (Wildman–Crippen LogP) is 4.89. The third-order valence-electron chi connectivity index (χ3n) is 5.44. The Labute approximate surface area is 184 Å². The maximum absolute atomic E-state index is 13.2. The van der Waals surface area contributed by atoms with E-state index in [4.69, 9.17) is 0 Å². The molecule has 1 saturated heterocycles. The second-order valence-electron chi connectivity index (χ2n) is 7.37. The number of thiophene rings is 1. The van der Waals surface area contributed by atoms with Crippen LogP contribution in [-0.2, 0) is 4.79 Å². The van der Waals surface area contributed by atoms with Gasteiger partial charge in [-0.3, -0.25) is 14.6 Å². The zero-order valence-electron chi connectivity index (χ0n) is 17.1. The Bertz CT molecular complexity index is 1100. The number of carbonyl (C=O) groups is 2. The number of hydrogen-bond acceptors (Lipinski definition) is 5. The number of nitrogens with zero attached hydrogens (tertiary/aromatic N) is 2. The van der Waals surface area contributed by atoms with Crippen molar-refractivity contribution in [1.82, 2.24) is 9.88 Å². The lowest BCUT2D eigenvalue weighted by Gasteiger charge is -2.24. The molecule has 3 aromatic rings. The molecule has 1 aliphatic rings. The van der Waals surface area contributed by atoms with E-state index >= 15 is 0 Å². The molecule has 7 heteroatoms. The zero-order chi connectivity index (χ0) is 21.3. The van der Waals surface area contributed by atoms with Crippen molar-refractivity contribution in [1.29, 1.82) is 0 Å². The molecule has 0 aliphatic carbocycles. The number of pyridine rings is 1. The van der Waals surface area contributed by atoms with E-state index in [-0.39, 0.29) is 11.8 Å². The van der Waals surface area contributed by atoms with E-state index in [0.717, 1.165) is 28.1 Å². The van der Waals surface area contributed by atoms with Crippen molar-refractivity contribution < 1.29 is 9.59 Å². The number of aryl methyl sites for hydroxylation is 2. The van der Waals surface area contributed by atoms with Crippen molar-refractivity contribution in [2.45, 2.75) is 26.8 Å². The van der Waals surface area contributed by atoms with Gasteiger partial charge >= 0.3 is 0 Å². The summed E-state index contributed by atoms with van der Waals surface area (Å²) in [4.78, 5) is 32.5. The summed E-state index contributed by atoms with van der Waals surface area (Å²) in [5.74, 6) is 0.780. The highest BCUT2D eigenvalue weighted by Crippen LogP contribution is 2.27. The zero-order valence-corrected chi connectivity index (χ0v) is 18.8. The Balaban J connectivity index is 1.53. The molecule has 154 valence electrons. The lowest BCUT2D eigenvalue weighted by atomic mass is 10.1. The maximum atomic E-state index is 13.2. The van der Waals surface area contributed by atoms with E-state index in [1.54, 1.807) is 28.0 Å². The normalized spacial score (nSPS) is 16.0. The first kappa shape index (κ1) is 20.6. The number of thioether (sulfide) groups is 1. The van der Waals surface area contributed by atoms with Gasteiger partial charge in [0.05, 0.1) is 22.8 Å². The van der Waals surface area contributed by atoms with Crippen LogP contribution >= 0.6 is 23.1 Å². The first-order valence-electron chi connectivity index (χ1n) is 9.71. The average Bonchev–Trinajstić information content (AvgIpc) is 3.43. The first-order chi connectivity index (χ1) is 14.5. The topological polar surface area (TPSA) is 62.3 Å². The van der Waals surface area contributed by atoms with Gasteiger partial charge in [-0.15, -0.1) is 11.8 Å². The summed E-state index contributed by atoms with van der Waals surface area (Å²) < 4.78 is 0. The molecule has 2 aromatic heterocycles. The monoisotopic (exact) mass is 437 g/mol. The van der Waals surface area contributed by atoms with Crippen LogP contribution in [-0.4, -0.2) is 39.4 Å². The van der Waals surface area contributed by atoms with Gasteiger partial charge in [0.2, 0.25) is 5.91 Å². The molecule has 1 unspecified atom stereocenters. The van der Waals surface area contributed by atoms with Gasteiger partial charge in [-0.05, 0) is 61.5 Å². The summed E-state index contributed by atoms with van der Waals surface area (Å²) in [5, 5.41) is 7.05. The van der Waals surface area contributed by atoms with Gasteiger partial charge in [0.25, 0.3) is 5.91 Å². The van der Waals surface area contributed by atoms with Gasteiger partial charge < -0.3 is 10.2 Å². The molecule has 3 heterocycles. The van der Waals surface area contributed by atoms with E-state index in [2.05, 4.69) is 10.3 Å². The molecule has 1 atom stereocenters. The number of anilines is 1. The van der Waals surface area contributed by atoms with Gasteiger partial charge in [0, 0.05) is 22.4 Å². The number of nitrogens with one attached hydrogen (secondary N) is 1. The molecular formula is C23H23N3O2S2. The smallest absolute Gasteiger partial charge is 0.257 e. The molecule has 2 amide bonds. The molecule has 0 bridgehead atoms. The van der Waals surface area contributed by atoms with Crippen LogP contribution in [0.4, 0.5) is 5.69 Å². The summed E-state index contributed by atoms with van der Waals surface area (Å²) in [6, 6.07) is 11.0. The lowest BCUT2D eigenvalue weighted by molar-refractivity contribution is -0.119.